The Morgan fingerprint density at radius 3 is 0.897 bits per heavy atom. The normalized spacial score (nSPS) is 11.6. The highest BCUT2D eigenvalue weighted by molar-refractivity contribution is 5.85. The number of hydrogen-bond donors (Lipinski definition) is 0. The zero-order valence-corrected chi connectivity index (χ0v) is 37.5. The third-order valence-electron chi connectivity index (χ3n) is 11.9. The fourth-order valence-electron chi connectivity index (χ4n) is 8.49. The minimum atomic E-state index is 0.0625. The van der Waals surface area contributed by atoms with E-state index in [1.165, 1.54) is 16.7 Å². The second-order valence-corrected chi connectivity index (χ2v) is 16.4. The van der Waals surface area contributed by atoms with Crippen LogP contribution in [0.4, 0.5) is 39.8 Å². The molecule has 10 aromatic carbocycles. The average molecular weight is 876 g/mol. The van der Waals surface area contributed by atoms with Gasteiger partial charge < -0.3 is 4.90 Å². The molecule has 0 fully saturated rings. The Morgan fingerprint density at radius 1 is 0.250 bits per heavy atom. The third kappa shape index (κ3) is 10.1. The summed E-state index contributed by atoms with van der Waals surface area (Å²) in [4.78, 5) is 2.29. The van der Waals surface area contributed by atoms with Crippen LogP contribution in [0.2, 0.25) is 0 Å². The highest BCUT2D eigenvalue weighted by Crippen LogP contribution is 2.37. The van der Waals surface area contributed by atoms with Crippen LogP contribution in [0.15, 0.2) is 289 Å². The van der Waals surface area contributed by atoms with E-state index in [-0.39, 0.29) is 5.92 Å². The number of para-hydroxylation sites is 5. The zero-order valence-electron chi connectivity index (χ0n) is 37.5. The van der Waals surface area contributed by atoms with Crippen molar-refractivity contribution < 1.29 is 0 Å². The van der Waals surface area contributed by atoms with Crippen LogP contribution in [-0.2, 0) is 0 Å². The molecule has 0 N–H and O–H groups in total. The summed E-state index contributed by atoms with van der Waals surface area (Å²) < 4.78 is 0. The van der Waals surface area contributed by atoms with Gasteiger partial charge in [-0.3, -0.25) is 0 Å². The van der Waals surface area contributed by atoms with Crippen molar-refractivity contribution in [2.24, 2.45) is 10.2 Å². The number of rotatable bonds is 15. The SMILES string of the molecule is C(=NN(c1ccccc1)c1ccccc1)c1ccc(C(c2ccccc2)c2ccc(-c3ccc(N(c4ccccc4)c4ccc(C=NN(c5ccccc5)c5ccccc5)cc4)cc3)cc2)cc1. The van der Waals surface area contributed by atoms with Crippen molar-refractivity contribution in [2.45, 2.75) is 5.92 Å². The molecule has 1 unspecified atom stereocenters. The van der Waals surface area contributed by atoms with E-state index in [1.54, 1.807) is 0 Å². The van der Waals surface area contributed by atoms with Gasteiger partial charge in [0.05, 0.1) is 35.2 Å². The van der Waals surface area contributed by atoms with Crippen molar-refractivity contribution in [1.82, 2.24) is 0 Å². The number of hydrogen-bond acceptors (Lipinski definition) is 5. The van der Waals surface area contributed by atoms with Crippen LogP contribution in [0.25, 0.3) is 11.1 Å². The first-order valence-electron chi connectivity index (χ1n) is 22.9. The largest absolute Gasteiger partial charge is 0.311 e. The fraction of sp³-hybridized carbons (Fsp3) is 0.0159. The number of anilines is 7. The molecule has 0 aliphatic heterocycles. The molecule has 0 aromatic heterocycles. The summed E-state index contributed by atoms with van der Waals surface area (Å²) in [6.45, 7) is 0. The molecule has 0 saturated heterocycles. The lowest BCUT2D eigenvalue weighted by Gasteiger charge is -2.26. The lowest BCUT2D eigenvalue weighted by molar-refractivity contribution is 0.977. The van der Waals surface area contributed by atoms with Gasteiger partial charge in [0.25, 0.3) is 0 Å². The van der Waals surface area contributed by atoms with Crippen molar-refractivity contribution >= 4 is 52.2 Å². The van der Waals surface area contributed by atoms with E-state index < -0.39 is 0 Å². The third-order valence-corrected chi connectivity index (χ3v) is 11.9. The zero-order chi connectivity index (χ0) is 45.7. The monoisotopic (exact) mass is 875 g/mol. The first kappa shape index (κ1) is 42.9. The molecule has 5 nitrogen and oxygen atoms in total. The lowest BCUT2D eigenvalue weighted by atomic mass is 9.84. The van der Waals surface area contributed by atoms with Gasteiger partial charge in [-0.2, -0.15) is 10.2 Å². The molecule has 1 atom stereocenters. The fourth-order valence-corrected chi connectivity index (χ4v) is 8.49. The quantitative estimate of drug-likeness (QED) is 0.0585. The second kappa shape index (κ2) is 20.8. The first-order valence-corrected chi connectivity index (χ1v) is 22.9. The molecule has 0 bridgehead atoms. The van der Waals surface area contributed by atoms with Crippen LogP contribution in [-0.4, -0.2) is 12.4 Å². The van der Waals surface area contributed by atoms with Crippen LogP contribution >= 0.6 is 0 Å². The number of benzene rings is 10. The van der Waals surface area contributed by atoms with Crippen molar-refractivity contribution in [3.8, 4) is 11.1 Å². The van der Waals surface area contributed by atoms with Crippen LogP contribution in [0.1, 0.15) is 33.7 Å². The Balaban J connectivity index is 0.880. The van der Waals surface area contributed by atoms with Gasteiger partial charge >= 0.3 is 0 Å². The van der Waals surface area contributed by atoms with Gasteiger partial charge in [0.15, 0.2) is 0 Å². The van der Waals surface area contributed by atoms with Crippen LogP contribution in [0.5, 0.6) is 0 Å². The molecule has 0 aliphatic carbocycles. The molecule has 0 saturated carbocycles. The topological polar surface area (TPSA) is 34.4 Å². The summed E-state index contributed by atoms with van der Waals surface area (Å²) in [6.07, 6.45) is 3.85. The van der Waals surface area contributed by atoms with Crippen LogP contribution < -0.4 is 14.9 Å². The van der Waals surface area contributed by atoms with Crippen molar-refractivity contribution in [2.75, 3.05) is 14.9 Å². The van der Waals surface area contributed by atoms with E-state index in [2.05, 4.69) is 211 Å². The molecule has 0 heterocycles. The van der Waals surface area contributed by atoms with Crippen LogP contribution in [0, 0.1) is 0 Å². The van der Waals surface area contributed by atoms with Crippen molar-refractivity contribution in [3.63, 3.8) is 0 Å². The molecule has 0 radical (unpaired) electrons. The molecular formula is C63H49N5. The minimum absolute atomic E-state index is 0.0625. The molecule has 68 heavy (non-hydrogen) atoms. The van der Waals surface area contributed by atoms with Gasteiger partial charge in [-0.25, -0.2) is 10.0 Å². The van der Waals surface area contributed by atoms with Crippen molar-refractivity contribution in [3.05, 3.63) is 307 Å². The van der Waals surface area contributed by atoms with Gasteiger partial charge in [-0.15, -0.1) is 0 Å². The van der Waals surface area contributed by atoms with Gasteiger partial charge in [-0.1, -0.05) is 194 Å². The van der Waals surface area contributed by atoms with E-state index in [4.69, 9.17) is 10.2 Å². The standard InChI is InChI=1S/C63H49N5/c1-7-19-53(20-8-1)63(54-35-31-49(32-36-54)47-64-67(59-23-11-3-12-24-59)60-25-13-4-14-26-60)55-39-37-51(38-40-55)52-41-45-58(46-42-52)66(56-21-9-2-10-22-56)57-43-33-50(34-44-57)48-65-68(61-27-15-5-16-28-61)62-29-17-6-18-30-62/h1-48,63H. The van der Waals surface area contributed by atoms with Gasteiger partial charge in [0.1, 0.15) is 0 Å². The average Bonchev–Trinajstić information content (AvgIpc) is 3.42. The highest BCUT2D eigenvalue weighted by atomic mass is 15.5. The maximum absolute atomic E-state index is 4.94. The van der Waals surface area contributed by atoms with E-state index in [0.717, 1.165) is 62.1 Å². The van der Waals surface area contributed by atoms with Crippen LogP contribution in [0.3, 0.4) is 0 Å². The first-order chi connectivity index (χ1) is 33.7. The number of nitrogens with zero attached hydrogens (tertiary/aromatic N) is 5. The van der Waals surface area contributed by atoms with Gasteiger partial charge in [-0.05, 0) is 124 Å². The van der Waals surface area contributed by atoms with E-state index >= 15 is 0 Å². The number of hydrazone groups is 2. The Bertz CT molecular complexity index is 2860. The summed E-state index contributed by atoms with van der Waals surface area (Å²) in [5.41, 5.74) is 15.3. The molecule has 0 spiro atoms. The Morgan fingerprint density at radius 2 is 0.515 bits per heavy atom. The Hall–Kier alpha value is -9.06. The lowest BCUT2D eigenvalue weighted by Crippen LogP contribution is -2.10. The summed E-state index contributed by atoms with van der Waals surface area (Å²) in [5.74, 6) is 0.0625. The Labute approximate surface area is 399 Å². The Kier molecular flexibility index (Phi) is 13.1. The van der Waals surface area contributed by atoms with Crippen molar-refractivity contribution in [1.29, 1.82) is 0 Å². The maximum atomic E-state index is 4.94. The van der Waals surface area contributed by atoms with E-state index in [9.17, 15) is 0 Å². The highest BCUT2D eigenvalue weighted by Gasteiger charge is 2.18. The van der Waals surface area contributed by atoms with Gasteiger partial charge in [0.2, 0.25) is 0 Å². The molecule has 10 rings (SSSR count). The predicted molar refractivity (Wildman–Crippen MR) is 286 cm³/mol. The molecular weight excluding hydrogens is 827 g/mol. The summed E-state index contributed by atoms with van der Waals surface area (Å²) >= 11 is 0. The second-order valence-electron chi connectivity index (χ2n) is 16.4. The predicted octanol–water partition coefficient (Wildman–Crippen LogP) is 16.3. The smallest absolute Gasteiger partial charge is 0.0652 e. The van der Waals surface area contributed by atoms with Gasteiger partial charge in [0, 0.05) is 23.0 Å². The maximum Gasteiger partial charge on any atom is 0.0652 e. The molecule has 10 aromatic rings. The summed E-state index contributed by atoms with van der Waals surface area (Å²) in [5, 5.41) is 13.8. The molecule has 5 heteroatoms. The molecule has 0 aliphatic rings. The summed E-state index contributed by atoms with van der Waals surface area (Å²) in [6, 6.07) is 97.4. The summed E-state index contributed by atoms with van der Waals surface area (Å²) in [7, 11) is 0. The van der Waals surface area contributed by atoms with E-state index in [0.29, 0.717) is 0 Å². The molecule has 326 valence electrons. The molecule has 0 amide bonds. The van der Waals surface area contributed by atoms with E-state index in [1.807, 2.05) is 95.2 Å². The minimum Gasteiger partial charge on any atom is -0.311 e.